The molecule has 0 radical (unpaired) electrons. The van der Waals surface area contributed by atoms with Crippen LogP contribution in [0.4, 0.5) is 0 Å². The Morgan fingerprint density at radius 2 is 2.10 bits per heavy atom. The number of hydrogen-bond acceptors (Lipinski definition) is 4. The normalized spacial score (nSPS) is 11.0. The average Bonchev–Trinajstić information content (AvgIpc) is 2.41. The molecule has 3 rings (SSSR count). The molecule has 0 unspecified atom stereocenters. The quantitative estimate of drug-likeness (QED) is 0.729. The van der Waals surface area contributed by atoms with Gasteiger partial charge in [-0.05, 0) is 30.7 Å². The van der Waals surface area contributed by atoms with Gasteiger partial charge in [-0.1, -0.05) is 17.7 Å². The zero-order chi connectivity index (χ0) is 15.0. The first kappa shape index (κ1) is 13.6. The molecular formula is C15H11ClN2O3. The molecule has 5 nitrogen and oxygen atoms in total. The number of aryl methyl sites for hydroxylation is 1. The van der Waals surface area contributed by atoms with Gasteiger partial charge in [-0.15, -0.1) is 0 Å². The summed E-state index contributed by atoms with van der Waals surface area (Å²) in [5.74, 6) is 0.398. The van der Waals surface area contributed by atoms with E-state index in [0.717, 1.165) is 5.56 Å². The van der Waals surface area contributed by atoms with Crippen molar-refractivity contribution in [2.75, 3.05) is 0 Å². The molecule has 6 heteroatoms. The minimum atomic E-state index is -0.442. The molecule has 0 aliphatic carbocycles. The van der Waals surface area contributed by atoms with Gasteiger partial charge in [0.15, 0.2) is 0 Å². The van der Waals surface area contributed by atoms with Gasteiger partial charge in [-0.3, -0.25) is 9.36 Å². The van der Waals surface area contributed by atoms with E-state index in [9.17, 15) is 9.59 Å². The molecule has 0 amide bonds. The van der Waals surface area contributed by atoms with Crippen molar-refractivity contribution in [2.45, 2.75) is 13.5 Å². The second-order valence-electron chi connectivity index (χ2n) is 4.71. The third-order valence-corrected chi connectivity index (χ3v) is 3.40. The SMILES string of the molecule is Cc1cc(Cn2c(=O)cnc3cccc(Cl)c32)oc(=O)c1. The zero-order valence-corrected chi connectivity index (χ0v) is 11.9. The third-order valence-electron chi connectivity index (χ3n) is 3.10. The van der Waals surface area contributed by atoms with Crippen LogP contribution in [0.5, 0.6) is 0 Å². The fourth-order valence-electron chi connectivity index (χ4n) is 2.24. The second kappa shape index (κ2) is 5.18. The monoisotopic (exact) mass is 302 g/mol. The van der Waals surface area contributed by atoms with Crippen molar-refractivity contribution < 1.29 is 4.42 Å². The lowest BCUT2D eigenvalue weighted by Crippen LogP contribution is -2.22. The Kier molecular flexibility index (Phi) is 3.35. The van der Waals surface area contributed by atoms with Crippen LogP contribution in [0.3, 0.4) is 0 Å². The molecule has 2 aromatic heterocycles. The van der Waals surface area contributed by atoms with Gasteiger partial charge in [0.25, 0.3) is 5.56 Å². The lowest BCUT2D eigenvalue weighted by molar-refractivity contribution is 0.445. The van der Waals surface area contributed by atoms with E-state index < -0.39 is 5.63 Å². The summed E-state index contributed by atoms with van der Waals surface area (Å²) in [7, 11) is 0. The van der Waals surface area contributed by atoms with Crippen molar-refractivity contribution in [3.05, 3.63) is 73.6 Å². The minimum absolute atomic E-state index is 0.124. The summed E-state index contributed by atoms with van der Waals surface area (Å²) in [6.45, 7) is 1.92. The molecule has 0 fully saturated rings. The molecule has 0 aliphatic heterocycles. The molecule has 106 valence electrons. The van der Waals surface area contributed by atoms with Crippen LogP contribution in [0.25, 0.3) is 11.0 Å². The van der Waals surface area contributed by atoms with Crippen LogP contribution in [0, 0.1) is 6.92 Å². The summed E-state index contributed by atoms with van der Waals surface area (Å²) in [6, 6.07) is 8.33. The van der Waals surface area contributed by atoms with Gasteiger partial charge in [0.05, 0.1) is 28.8 Å². The maximum atomic E-state index is 12.1. The molecule has 2 heterocycles. The highest BCUT2D eigenvalue weighted by Crippen LogP contribution is 2.20. The lowest BCUT2D eigenvalue weighted by atomic mass is 10.2. The Hall–Kier alpha value is -2.40. The first-order chi connectivity index (χ1) is 10.0. The first-order valence-electron chi connectivity index (χ1n) is 6.29. The average molecular weight is 303 g/mol. The topological polar surface area (TPSA) is 65.1 Å². The molecule has 1 aromatic carbocycles. The zero-order valence-electron chi connectivity index (χ0n) is 11.2. The summed E-state index contributed by atoms with van der Waals surface area (Å²) < 4.78 is 6.57. The van der Waals surface area contributed by atoms with E-state index in [1.807, 2.05) is 0 Å². The predicted octanol–water partition coefficient (Wildman–Crippen LogP) is 2.36. The van der Waals surface area contributed by atoms with Crippen molar-refractivity contribution in [1.82, 2.24) is 9.55 Å². The van der Waals surface area contributed by atoms with E-state index in [1.165, 1.54) is 16.8 Å². The van der Waals surface area contributed by atoms with E-state index in [2.05, 4.69) is 4.98 Å². The number of para-hydroxylation sites is 1. The fourth-order valence-corrected chi connectivity index (χ4v) is 2.51. The van der Waals surface area contributed by atoms with Gasteiger partial charge < -0.3 is 4.42 Å². The van der Waals surface area contributed by atoms with Crippen molar-refractivity contribution in [1.29, 1.82) is 0 Å². The Morgan fingerprint density at radius 3 is 2.86 bits per heavy atom. The first-order valence-corrected chi connectivity index (χ1v) is 6.67. The van der Waals surface area contributed by atoms with E-state index in [0.29, 0.717) is 21.8 Å². The van der Waals surface area contributed by atoms with Crippen LogP contribution < -0.4 is 11.2 Å². The molecule has 0 aliphatic rings. The predicted molar refractivity (Wildman–Crippen MR) is 79.8 cm³/mol. The lowest BCUT2D eigenvalue weighted by Gasteiger charge is -2.10. The number of rotatable bonds is 2. The van der Waals surface area contributed by atoms with Gasteiger partial charge in [-0.2, -0.15) is 0 Å². The van der Waals surface area contributed by atoms with E-state index >= 15 is 0 Å². The molecule has 3 aromatic rings. The number of fused-ring (bicyclic) bond motifs is 1. The maximum Gasteiger partial charge on any atom is 0.336 e. The van der Waals surface area contributed by atoms with Crippen LogP contribution >= 0.6 is 11.6 Å². The van der Waals surface area contributed by atoms with Gasteiger partial charge in [0.1, 0.15) is 5.76 Å². The van der Waals surface area contributed by atoms with Crippen molar-refractivity contribution in [2.24, 2.45) is 0 Å². The van der Waals surface area contributed by atoms with Crippen molar-refractivity contribution in [3.8, 4) is 0 Å². The second-order valence-corrected chi connectivity index (χ2v) is 5.12. The molecule has 0 saturated carbocycles. The Labute approximate surface area is 124 Å². The largest absolute Gasteiger partial charge is 0.426 e. The number of hydrogen-bond donors (Lipinski definition) is 0. The maximum absolute atomic E-state index is 12.1. The number of halogens is 1. The third kappa shape index (κ3) is 2.60. The van der Waals surface area contributed by atoms with Gasteiger partial charge in [-0.25, -0.2) is 9.78 Å². The van der Waals surface area contributed by atoms with E-state index in [1.54, 1.807) is 31.2 Å². The summed E-state index contributed by atoms with van der Waals surface area (Å²) in [6.07, 6.45) is 1.23. The van der Waals surface area contributed by atoms with E-state index in [-0.39, 0.29) is 12.1 Å². The molecule has 0 saturated heterocycles. The van der Waals surface area contributed by atoms with E-state index in [4.69, 9.17) is 16.0 Å². The summed E-state index contributed by atoms with van der Waals surface area (Å²) in [5.41, 5.74) is 1.16. The van der Waals surface area contributed by atoms with Gasteiger partial charge >= 0.3 is 5.63 Å². The molecular weight excluding hydrogens is 292 g/mol. The Balaban J connectivity index is 2.22. The Morgan fingerprint density at radius 1 is 1.29 bits per heavy atom. The summed E-state index contributed by atoms with van der Waals surface area (Å²) in [4.78, 5) is 27.6. The Bertz CT molecular complexity index is 944. The molecule has 0 spiro atoms. The molecule has 0 atom stereocenters. The highest BCUT2D eigenvalue weighted by Gasteiger charge is 2.10. The number of aromatic nitrogens is 2. The smallest absolute Gasteiger partial charge is 0.336 e. The highest BCUT2D eigenvalue weighted by molar-refractivity contribution is 6.34. The summed E-state index contributed by atoms with van der Waals surface area (Å²) in [5, 5.41) is 0.424. The number of benzene rings is 1. The number of nitrogens with zero attached hydrogens (tertiary/aromatic N) is 2. The van der Waals surface area contributed by atoms with Crippen LogP contribution in [-0.2, 0) is 6.54 Å². The fraction of sp³-hybridized carbons (Fsp3) is 0.133. The summed E-state index contributed by atoms with van der Waals surface area (Å²) >= 11 is 6.17. The molecule has 0 N–H and O–H groups in total. The van der Waals surface area contributed by atoms with Gasteiger partial charge in [0, 0.05) is 6.07 Å². The molecule has 21 heavy (non-hydrogen) atoms. The van der Waals surface area contributed by atoms with Crippen molar-refractivity contribution in [3.63, 3.8) is 0 Å². The van der Waals surface area contributed by atoms with Crippen LogP contribution in [0.15, 0.2) is 50.5 Å². The minimum Gasteiger partial charge on any atom is -0.426 e. The van der Waals surface area contributed by atoms with Crippen LogP contribution in [-0.4, -0.2) is 9.55 Å². The van der Waals surface area contributed by atoms with Crippen LogP contribution in [0.2, 0.25) is 5.02 Å². The standard InChI is InChI=1S/C15H11ClN2O3/c1-9-5-10(21-14(20)6-9)8-18-13(19)7-17-12-4-2-3-11(16)15(12)18/h2-7H,8H2,1H3. The van der Waals surface area contributed by atoms with Gasteiger partial charge in [0.2, 0.25) is 0 Å². The van der Waals surface area contributed by atoms with Crippen molar-refractivity contribution >= 4 is 22.6 Å². The highest BCUT2D eigenvalue weighted by atomic mass is 35.5. The molecule has 0 bridgehead atoms. The van der Waals surface area contributed by atoms with Crippen LogP contribution in [0.1, 0.15) is 11.3 Å².